The molecule has 0 spiro atoms. The topological polar surface area (TPSA) is 70.8 Å². The second-order valence-corrected chi connectivity index (χ2v) is 8.81. The summed E-state index contributed by atoms with van der Waals surface area (Å²) in [6.45, 7) is 4.74. The molecule has 0 saturated carbocycles. The van der Waals surface area contributed by atoms with E-state index in [-0.39, 0.29) is 36.4 Å². The molecule has 2 heterocycles. The van der Waals surface area contributed by atoms with Gasteiger partial charge in [-0.1, -0.05) is 30.3 Å². The van der Waals surface area contributed by atoms with E-state index in [9.17, 15) is 22.4 Å². The lowest BCUT2D eigenvalue weighted by molar-refractivity contribution is -0.137. The van der Waals surface area contributed by atoms with Crippen molar-refractivity contribution in [3.05, 3.63) is 88.9 Å². The number of nitrogens with one attached hydrogen (secondary N) is 1. The van der Waals surface area contributed by atoms with Crippen LogP contribution in [0, 0.1) is 5.82 Å². The van der Waals surface area contributed by atoms with Crippen LogP contribution in [0.3, 0.4) is 0 Å². The molecule has 1 N–H and O–H groups in total. The van der Waals surface area contributed by atoms with Gasteiger partial charge in [0.1, 0.15) is 12.1 Å². The van der Waals surface area contributed by atoms with Crippen molar-refractivity contribution in [1.82, 2.24) is 20.1 Å². The Hall–Kier alpha value is -3.28. The monoisotopic (exact) mass is 520 g/mol. The number of oxazole rings is 1. The third kappa shape index (κ3) is 8.11. The molecule has 1 aliphatic rings. The molecular formula is C26H28F4N4O3. The number of halogens is 4. The average molecular weight is 521 g/mol. The zero-order valence-electron chi connectivity index (χ0n) is 20.1. The van der Waals surface area contributed by atoms with E-state index in [0.29, 0.717) is 38.4 Å². The van der Waals surface area contributed by atoms with Crippen LogP contribution in [0.15, 0.2) is 59.2 Å². The first kappa shape index (κ1) is 26.8. The van der Waals surface area contributed by atoms with Gasteiger partial charge < -0.3 is 14.5 Å². The van der Waals surface area contributed by atoms with Crippen LogP contribution in [0.1, 0.15) is 33.1 Å². The molecule has 198 valence electrons. The number of carbonyl (C=O) groups is 1. The van der Waals surface area contributed by atoms with E-state index in [1.54, 1.807) is 18.2 Å². The van der Waals surface area contributed by atoms with Gasteiger partial charge in [0.2, 0.25) is 5.89 Å². The predicted molar refractivity (Wildman–Crippen MR) is 127 cm³/mol. The Morgan fingerprint density at radius 2 is 1.76 bits per heavy atom. The van der Waals surface area contributed by atoms with E-state index < -0.39 is 11.7 Å². The Kier molecular flexibility index (Phi) is 8.91. The minimum Gasteiger partial charge on any atom is -0.447 e. The van der Waals surface area contributed by atoms with Crippen molar-refractivity contribution in [3.8, 4) is 0 Å². The number of ether oxygens (including phenoxy) is 1. The van der Waals surface area contributed by atoms with Gasteiger partial charge in [0.15, 0.2) is 5.69 Å². The standard InChI is InChI=1S/C26H28F4N4O3/c27-22-6-4-19(5-7-22)15-34(16-20-2-1-3-21(14-20)26(28,29)30)17-24-32-23(18-37-24)25(35)31-8-9-33-10-12-36-13-11-33/h1-7,14,18H,8-13,15-17H2,(H,31,35). The largest absolute Gasteiger partial charge is 0.447 e. The lowest BCUT2D eigenvalue weighted by Crippen LogP contribution is -2.41. The van der Waals surface area contributed by atoms with Gasteiger partial charge in [-0.3, -0.25) is 14.6 Å². The molecule has 3 aromatic rings. The minimum absolute atomic E-state index is 0.123. The molecule has 0 radical (unpaired) electrons. The quantitative estimate of drug-likeness (QED) is 0.406. The van der Waals surface area contributed by atoms with E-state index in [2.05, 4.69) is 15.2 Å². The molecule has 0 unspecified atom stereocenters. The van der Waals surface area contributed by atoms with Gasteiger partial charge >= 0.3 is 6.18 Å². The molecule has 4 rings (SSSR count). The maximum atomic E-state index is 13.4. The van der Waals surface area contributed by atoms with Gasteiger partial charge in [0, 0.05) is 39.3 Å². The maximum absolute atomic E-state index is 13.4. The van der Waals surface area contributed by atoms with Crippen molar-refractivity contribution in [2.24, 2.45) is 0 Å². The number of amides is 1. The second-order valence-electron chi connectivity index (χ2n) is 8.81. The van der Waals surface area contributed by atoms with Crippen molar-refractivity contribution < 1.29 is 31.5 Å². The van der Waals surface area contributed by atoms with Gasteiger partial charge in [0.25, 0.3) is 5.91 Å². The van der Waals surface area contributed by atoms with Crippen LogP contribution in [0.25, 0.3) is 0 Å². The Balaban J connectivity index is 1.41. The Labute approximate surface area is 212 Å². The number of benzene rings is 2. The summed E-state index contributed by atoms with van der Waals surface area (Å²) < 4.78 is 63.7. The number of hydrogen-bond donors (Lipinski definition) is 1. The van der Waals surface area contributed by atoms with E-state index in [1.165, 1.54) is 24.5 Å². The molecule has 0 atom stereocenters. The fourth-order valence-electron chi connectivity index (χ4n) is 4.04. The molecular weight excluding hydrogens is 492 g/mol. The fourth-order valence-corrected chi connectivity index (χ4v) is 4.04. The van der Waals surface area contributed by atoms with Gasteiger partial charge in [-0.05, 0) is 29.3 Å². The Bertz CT molecular complexity index is 1160. The van der Waals surface area contributed by atoms with Crippen molar-refractivity contribution in [3.63, 3.8) is 0 Å². The first-order valence-electron chi connectivity index (χ1n) is 11.9. The fraction of sp³-hybridized carbons (Fsp3) is 0.385. The van der Waals surface area contributed by atoms with Crippen LogP contribution in [0.2, 0.25) is 0 Å². The van der Waals surface area contributed by atoms with Crippen LogP contribution in [-0.4, -0.2) is 60.1 Å². The van der Waals surface area contributed by atoms with E-state index in [0.717, 1.165) is 30.8 Å². The highest BCUT2D eigenvalue weighted by atomic mass is 19.4. The summed E-state index contributed by atoms with van der Waals surface area (Å²) >= 11 is 0. The van der Waals surface area contributed by atoms with E-state index in [4.69, 9.17) is 9.15 Å². The lowest BCUT2D eigenvalue weighted by atomic mass is 10.1. The number of alkyl halides is 3. The number of carbonyl (C=O) groups excluding carboxylic acids is 1. The third-order valence-corrected chi connectivity index (χ3v) is 5.94. The SMILES string of the molecule is O=C(NCCN1CCOCC1)c1coc(CN(Cc2ccc(F)cc2)Cc2cccc(C(F)(F)F)c2)n1. The van der Waals surface area contributed by atoms with Gasteiger partial charge in [-0.2, -0.15) is 13.2 Å². The summed E-state index contributed by atoms with van der Waals surface area (Å²) in [5.41, 5.74) is 0.599. The Morgan fingerprint density at radius 1 is 1.03 bits per heavy atom. The molecule has 1 amide bonds. The van der Waals surface area contributed by atoms with Crippen molar-refractivity contribution in [1.29, 1.82) is 0 Å². The molecule has 1 aliphatic heterocycles. The number of nitrogens with zero attached hydrogens (tertiary/aromatic N) is 3. The van der Waals surface area contributed by atoms with E-state index in [1.807, 2.05) is 4.90 Å². The highest BCUT2D eigenvalue weighted by molar-refractivity contribution is 5.91. The van der Waals surface area contributed by atoms with Crippen LogP contribution in [0.4, 0.5) is 17.6 Å². The molecule has 2 aromatic carbocycles. The highest BCUT2D eigenvalue weighted by Crippen LogP contribution is 2.30. The first-order valence-corrected chi connectivity index (χ1v) is 11.9. The smallest absolute Gasteiger partial charge is 0.416 e. The van der Waals surface area contributed by atoms with Crippen molar-refractivity contribution in [2.75, 3.05) is 39.4 Å². The molecule has 1 saturated heterocycles. The van der Waals surface area contributed by atoms with Gasteiger partial charge in [0.05, 0.1) is 25.3 Å². The summed E-state index contributed by atoms with van der Waals surface area (Å²) in [6, 6.07) is 10.9. The normalized spacial score (nSPS) is 14.7. The van der Waals surface area contributed by atoms with Gasteiger partial charge in [-0.15, -0.1) is 0 Å². The zero-order chi connectivity index (χ0) is 26.3. The van der Waals surface area contributed by atoms with E-state index >= 15 is 0 Å². The summed E-state index contributed by atoms with van der Waals surface area (Å²) in [7, 11) is 0. The summed E-state index contributed by atoms with van der Waals surface area (Å²) in [5, 5.41) is 2.82. The zero-order valence-corrected chi connectivity index (χ0v) is 20.1. The molecule has 0 aliphatic carbocycles. The summed E-state index contributed by atoms with van der Waals surface area (Å²) in [5.74, 6) is -0.510. The Morgan fingerprint density at radius 3 is 2.49 bits per heavy atom. The second kappa shape index (κ2) is 12.3. The van der Waals surface area contributed by atoms with Crippen LogP contribution >= 0.6 is 0 Å². The van der Waals surface area contributed by atoms with Crippen LogP contribution in [0.5, 0.6) is 0 Å². The number of aromatic nitrogens is 1. The van der Waals surface area contributed by atoms with Crippen LogP contribution in [-0.2, 0) is 30.5 Å². The van der Waals surface area contributed by atoms with Crippen LogP contribution < -0.4 is 5.32 Å². The highest BCUT2D eigenvalue weighted by Gasteiger charge is 2.30. The predicted octanol–water partition coefficient (Wildman–Crippen LogP) is 4.10. The number of morpholine rings is 1. The molecule has 37 heavy (non-hydrogen) atoms. The summed E-state index contributed by atoms with van der Waals surface area (Å²) in [6.07, 6.45) is -3.19. The van der Waals surface area contributed by atoms with Crippen molar-refractivity contribution >= 4 is 5.91 Å². The maximum Gasteiger partial charge on any atom is 0.416 e. The first-order chi connectivity index (χ1) is 17.8. The lowest BCUT2D eigenvalue weighted by Gasteiger charge is -2.26. The third-order valence-electron chi connectivity index (χ3n) is 5.94. The minimum atomic E-state index is -4.45. The van der Waals surface area contributed by atoms with Gasteiger partial charge in [-0.25, -0.2) is 9.37 Å². The summed E-state index contributed by atoms with van der Waals surface area (Å²) in [4.78, 5) is 20.8. The molecule has 7 nitrogen and oxygen atoms in total. The number of hydrogen-bond acceptors (Lipinski definition) is 6. The van der Waals surface area contributed by atoms with Crippen molar-refractivity contribution in [2.45, 2.75) is 25.8 Å². The molecule has 1 fully saturated rings. The molecule has 11 heteroatoms. The number of rotatable bonds is 10. The molecule has 1 aromatic heterocycles. The molecule has 0 bridgehead atoms. The average Bonchev–Trinajstić information content (AvgIpc) is 3.34.